The number of alkyl halides is 4. The molecule has 1 aliphatic rings. The third-order valence-corrected chi connectivity index (χ3v) is 3.75. The van der Waals surface area contributed by atoms with Crippen LogP contribution in [0, 0.1) is 0 Å². The van der Waals surface area contributed by atoms with Crippen molar-refractivity contribution in [3.05, 3.63) is 34.3 Å². The first-order valence-electron chi connectivity index (χ1n) is 6.31. The van der Waals surface area contributed by atoms with Gasteiger partial charge in [0.2, 0.25) is 0 Å². The maximum absolute atomic E-state index is 13.3. The van der Waals surface area contributed by atoms with Crippen LogP contribution in [0.15, 0.2) is 18.2 Å². The molecule has 1 aliphatic heterocycles. The predicted molar refractivity (Wildman–Crippen MR) is 76.9 cm³/mol. The molecule has 1 saturated heterocycles. The van der Waals surface area contributed by atoms with Crippen LogP contribution >= 0.6 is 24.0 Å². The Labute approximate surface area is 131 Å². The number of benzene rings is 1. The zero-order chi connectivity index (χ0) is 14.8. The average Bonchev–Trinajstić information content (AvgIpc) is 2.41. The van der Waals surface area contributed by atoms with Crippen molar-refractivity contribution in [2.75, 3.05) is 32.9 Å². The zero-order valence-corrected chi connectivity index (χ0v) is 12.7. The fourth-order valence-corrected chi connectivity index (χ4v) is 2.58. The summed E-state index contributed by atoms with van der Waals surface area (Å²) in [7, 11) is 0. The van der Waals surface area contributed by atoms with Gasteiger partial charge < -0.3 is 5.32 Å². The molecule has 2 nitrogen and oxygen atoms in total. The van der Waals surface area contributed by atoms with Crippen LogP contribution in [0.5, 0.6) is 0 Å². The SMILES string of the molecule is Cl.FC[C@@H](c1ccc(Cl)c(C(F)(F)F)c1)N1CCNCC1. The molecule has 120 valence electrons. The van der Waals surface area contributed by atoms with E-state index < -0.39 is 24.5 Å². The Balaban J connectivity index is 0.00000220. The minimum atomic E-state index is -4.53. The molecule has 0 saturated carbocycles. The molecular weight excluding hydrogens is 331 g/mol. The molecule has 1 aromatic rings. The maximum atomic E-state index is 13.3. The highest BCUT2D eigenvalue weighted by Gasteiger charge is 2.34. The molecule has 0 aliphatic carbocycles. The topological polar surface area (TPSA) is 15.3 Å². The fraction of sp³-hybridized carbons (Fsp3) is 0.538. The highest BCUT2D eigenvalue weighted by Crippen LogP contribution is 2.37. The molecule has 21 heavy (non-hydrogen) atoms. The van der Waals surface area contributed by atoms with E-state index in [2.05, 4.69) is 5.32 Å². The standard InChI is InChI=1S/C13H15ClF4N2.ClH/c14-11-2-1-9(7-10(11)13(16,17)18)12(8-15)20-5-3-19-4-6-20;/h1-2,7,12,19H,3-6,8H2;1H/t12-;/m0./s1. The molecule has 0 spiro atoms. The van der Waals surface area contributed by atoms with Crippen LogP contribution in [0.4, 0.5) is 17.6 Å². The van der Waals surface area contributed by atoms with E-state index in [9.17, 15) is 17.6 Å². The van der Waals surface area contributed by atoms with Crippen molar-refractivity contribution in [2.45, 2.75) is 12.2 Å². The van der Waals surface area contributed by atoms with Gasteiger partial charge in [0.15, 0.2) is 0 Å². The van der Waals surface area contributed by atoms with Crippen molar-refractivity contribution in [1.82, 2.24) is 10.2 Å². The largest absolute Gasteiger partial charge is 0.417 e. The minimum Gasteiger partial charge on any atom is -0.314 e. The number of nitrogens with one attached hydrogen (secondary N) is 1. The molecule has 0 unspecified atom stereocenters. The lowest BCUT2D eigenvalue weighted by Gasteiger charge is -2.34. The Hall–Kier alpha value is -0.560. The van der Waals surface area contributed by atoms with Crippen molar-refractivity contribution < 1.29 is 17.6 Å². The monoisotopic (exact) mass is 346 g/mol. The fourth-order valence-electron chi connectivity index (χ4n) is 2.36. The van der Waals surface area contributed by atoms with Crippen LogP contribution in [-0.4, -0.2) is 37.8 Å². The summed E-state index contributed by atoms with van der Waals surface area (Å²) >= 11 is 5.58. The van der Waals surface area contributed by atoms with Crippen LogP contribution < -0.4 is 5.32 Å². The van der Waals surface area contributed by atoms with E-state index in [0.717, 1.165) is 6.07 Å². The van der Waals surface area contributed by atoms with Crippen LogP contribution in [0.2, 0.25) is 5.02 Å². The molecule has 8 heteroatoms. The maximum Gasteiger partial charge on any atom is 0.417 e. The average molecular weight is 347 g/mol. The van der Waals surface area contributed by atoms with Gasteiger partial charge in [0, 0.05) is 26.2 Å². The second-order valence-electron chi connectivity index (χ2n) is 4.69. The van der Waals surface area contributed by atoms with Gasteiger partial charge >= 0.3 is 6.18 Å². The van der Waals surface area contributed by atoms with E-state index in [1.165, 1.54) is 12.1 Å². The van der Waals surface area contributed by atoms with Gasteiger partial charge in [-0.15, -0.1) is 12.4 Å². The number of hydrogen-bond donors (Lipinski definition) is 1. The van der Waals surface area contributed by atoms with Crippen molar-refractivity contribution in [3.8, 4) is 0 Å². The number of piperazine rings is 1. The van der Waals surface area contributed by atoms with Crippen molar-refractivity contribution in [1.29, 1.82) is 0 Å². The van der Waals surface area contributed by atoms with Gasteiger partial charge in [-0.05, 0) is 17.7 Å². The third-order valence-electron chi connectivity index (χ3n) is 3.42. The van der Waals surface area contributed by atoms with Crippen molar-refractivity contribution in [3.63, 3.8) is 0 Å². The molecule has 0 bridgehead atoms. The Bertz CT molecular complexity index is 462. The molecule has 1 heterocycles. The predicted octanol–water partition coefficient (Wildman–Crippen LogP) is 3.70. The number of nitrogens with zero attached hydrogens (tertiary/aromatic N) is 1. The van der Waals surface area contributed by atoms with E-state index in [0.29, 0.717) is 31.7 Å². The Morgan fingerprint density at radius 2 is 1.86 bits per heavy atom. The normalized spacial score (nSPS) is 18.1. The van der Waals surface area contributed by atoms with Crippen molar-refractivity contribution >= 4 is 24.0 Å². The lowest BCUT2D eigenvalue weighted by Crippen LogP contribution is -2.45. The van der Waals surface area contributed by atoms with Gasteiger partial charge in [-0.1, -0.05) is 17.7 Å². The van der Waals surface area contributed by atoms with Gasteiger partial charge in [-0.3, -0.25) is 4.90 Å². The third kappa shape index (κ3) is 4.45. The molecule has 0 aromatic heterocycles. The van der Waals surface area contributed by atoms with E-state index in [-0.39, 0.29) is 17.4 Å². The smallest absolute Gasteiger partial charge is 0.314 e. The second kappa shape index (κ2) is 7.63. The Morgan fingerprint density at radius 1 is 1.24 bits per heavy atom. The minimum absolute atomic E-state index is 0. The zero-order valence-electron chi connectivity index (χ0n) is 11.1. The van der Waals surface area contributed by atoms with Crippen LogP contribution in [0.1, 0.15) is 17.2 Å². The molecule has 1 fully saturated rings. The summed E-state index contributed by atoms with van der Waals surface area (Å²) in [5.74, 6) is 0. The molecule has 1 atom stereocenters. The van der Waals surface area contributed by atoms with Gasteiger partial charge in [-0.25, -0.2) is 4.39 Å². The number of halogens is 6. The van der Waals surface area contributed by atoms with Crippen LogP contribution in [-0.2, 0) is 6.18 Å². The molecule has 1 N–H and O–H groups in total. The number of rotatable bonds is 3. The van der Waals surface area contributed by atoms with E-state index in [1.807, 2.05) is 4.90 Å². The highest BCUT2D eigenvalue weighted by molar-refractivity contribution is 6.31. The summed E-state index contributed by atoms with van der Waals surface area (Å²) in [6.45, 7) is 1.91. The molecule has 0 radical (unpaired) electrons. The first kappa shape index (κ1) is 18.5. The Kier molecular flexibility index (Phi) is 6.71. The van der Waals surface area contributed by atoms with E-state index in [4.69, 9.17) is 11.6 Å². The summed E-state index contributed by atoms with van der Waals surface area (Å²) < 4.78 is 51.8. The van der Waals surface area contributed by atoms with E-state index >= 15 is 0 Å². The van der Waals surface area contributed by atoms with Crippen LogP contribution in [0.25, 0.3) is 0 Å². The molecule has 0 amide bonds. The molecular formula is C13H16Cl2F4N2. The van der Waals surface area contributed by atoms with Gasteiger partial charge in [0.1, 0.15) is 6.67 Å². The summed E-state index contributed by atoms with van der Waals surface area (Å²) in [4.78, 5) is 1.85. The van der Waals surface area contributed by atoms with Crippen LogP contribution in [0.3, 0.4) is 0 Å². The second-order valence-corrected chi connectivity index (χ2v) is 5.10. The van der Waals surface area contributed by atoms with Gasteiger partial charge in [0.25, 0.3) is 0 Å². The first-order chi connectivity index (χ1) is 9.43. The number of hydrogen-bond acceptors (Lipinski definition) is 2. The van der Waals surface area contributed by atoms with Gasteiger partial charge in [0.05, 0.1) is 16.6 Å². The molecule has 1 aromatic carbocycles. The lowest BCUT2D eigenvalue weighted by atomic mass is 10.0. The van der Waals surface area contributed by atoms with E-state index in [1.54, 1.807) is 0 Å². The summed E-state index contributed by atoms with van der Waals surface area (Å²) in [6, 6.07) is 2.94. The summed E-state index contributed by atoms with van der Waals surface area (Å²) in [5.41, 5.74) is -0.601. The van der Waals surface area contributed by atoms with Gasteiger partial charge in [-0.2, -0.15) is 13.2 Å². The molecule has 2 rings (SSSR count). The summed E-state index contributed by atoms with van der Waals surface area (Å²) in [5, 5.41) is 2.76. The quantitative estimate of drug-likeness (QED) is 0.839. The summed E-state index contributed by atoms with van der Waals surface area (Å²) in [6.07, 6.45) is -4.53. The first-order valence-corrected chi connectivity index (χ1v) is 6.68. The van der Waals surface area contributed by atoms with Crippen molar-refractivity contribution in [2.24, 2.45) is 0 Å². The lowest BCUT2D eigenvalue weighted by molar-refractivity contribution is -0.137. The highest BCUT2D eigenvalue weighted by atomic mass is 35.5. The Morgan fingerprint density at radius 3 is 2.38 bits per heavy atom.